The molecular weight excluding hydrogens is 244 g/mol. The lowest BCUT2D eigenvalue weighted by molar-refractivity contribution is 0.0949. The highest BCUT2D eigenvalue weighted by molar-refractivity contribution is 5.94. The highest BCUT2D eigenvalue weighted by atomic mass is 16.2. The Balaban J connectivity index is 1.95. The first-order valence-electron chi connectivity index (χ1n) is 5.72. The van der Waals surface area contributed by atoms with Crippen molar-refractivity contribution in [3.8, 4) is 0 Å². The number of carbonyl (C=O) groups excluding carboxylic acids is 2. The van der Waals surface area contributed by atoms with Crippen LogP contribution in [0.5, 0.6) is 0 Å². The minimum absolute atomic E-state index is 0.188. The van der Waals surface area contributed by atoms with Crippen LogP contribution < -0.4 is 11.1 Å². The van der Waals surface area contributed by atoms with Crippen LogP contribution in [0.4, 0.5) is 0 Å². The molecule has 2 rings (SSSR count). The molecule has 0 aliphatic rings. The molecule has 2 amide bonds. The largest absolute Gasteiger partial charge is 0.366 e. The molecule has 1 aromatic heterocycles. The standard InChI is InChI=1S/C13H14N4O2/c1-17-8-11(7-16-17)13(19)15-6-9-2-4-10(5-3-9)12(14)18/h2-5,7-8H,6H2,1H3,(H2,14,18)(H,15,19). The van der Waals surface area contributed by atoms with Gasteiger partial charge in [-0.2, -0.15) is 5.10 Å². The summed E-state index contributed by atoms with van der Waals surface area (Å²) in [5.41, 5.74) is 6.99. The molecule has 0 spiro atoms. The summed E-state index contributed by atoms with van der Waals surface area (Å²) in [6, 6.07) is 6.77. The van der Waals surface area contributed by atoms with Gasteiger partial charge in [-0.3, -0.25) is 14.3 Å². The zero-order valence-electron chi connectivity index (χ0n) is 10.5. The van der Waals surface area contributed by atoms with Gasteiger partial charge in [0, 0.05) is 25.4 Å². The Morgan fingerprint density at radius 1 is 1.26 bits per heavy atom. The molecular formula is C13H14N4O2. The Bertz CT molecular complexity index is 601. The number of benzene rings is 1. The van der Waals surface area contributed by atoms with Gasteiger partial charge in [0.2, 0.25) is 5.91 Å². The van der Waals surface area contributed by atoms with E-state index in [1.807, 2.05) is 0 Å². The summed E-state index contributed by atoms with van der Waals surface area (Å²) in [6.07, 6.45) is 3.15. The van der Waals surface area contributed by atoms with E-state index in [0.29, 0.717) is 17.7 Å². The third kappa shape index (κ3) is 3.19. The number of nitrogens with one attached hydrogen (secondary N) is 1. The lowest BCUT2D eigenvalue weighted by atomic mass is 10.1. The fourth-order valence-electron chi connectivity index (χ4n) is 1.61. The zero-order valence-corrected chi connectivity index (χ0v) is 10.5. The molecule has 6 nitrogen and oxygen atoms in total. The molecule has 2 aromatic rings. The van der Waals surface area contributed by atoms with Gasteiger partial charge in [0.25, 0.3) is 5.91 Å². The molecule has 0 unspecified atom stereocenters. The summed E-state index contributed by atoms with van der Waals surface area (Å²) in [5.74, 6) is -0.655. The minimum atomic E-state index is -0.467. The number of carbonyl (C=O) groups is 2. The van der Waals surface area contributed by atoms with Crippen molar-refractivity contribution in [1.29, 1.82) is 0 Å². The van der Waals surface area contributed by atoms with Crippen molar-refractivity contribution in [2.24, 2.45) is 12.8 Å². The third-order valence-corrected chi connectivity index (χ3v) is 2.66. The SMILES string of the molecule is Cn1cc(C(=O)NCc2ccc(C(N)=O)cc2)cn1. The number of hydrogen-bond acceptors (Lipinski definition) is 3. The second kappa shape index (κ2) is 5.34. The fraction of sp³-hybridized carbons (Fsp3) is 0.154. The topological polar surface area (TPSA) is 90.0 Å². The summed E-state index contributed by atoms with van der Waals surface area (Å²) in [6.45, 7) is 0.382. The summed E-state index contributed by atoms with van der Waals surface area (Å²) in [5, 5.41) is 6.70. The summed E-state index contributed by atoms with van der Waals surface area (Å²) in [7, 11) is 1.75. The van der Waals surface area contributed by atoms with Crippen LogP contribution in [0.15, 0.2) is 36.7 Å². The van der Waals surface area contributed by atoms with E-state index in [1.165, 1.54) is 6.20 Å². The van der Waals surface area contributed by atoms with Gasteiger partial charge >= 0.3 is 0 Å². The average Bonchev–Trinajstić information content (AvgIpc) is 2.83. The maximum absolute atomic E-state index is 11.8. The maximum Gasteiger partial charge on any atom is 0.254 e. The van der Waals surface area contributed by atoms with Crippen molar-refractivity contribution in [3.63, 3.8) is 0 Å². The average molecular weight is 258 g/mol. The molecule has 0 saturated carbocycles. The Morgan fingerprint density at radius 3 is 2.47 bits per heavy atom. The molecule has 0 atom stereocenters. The van der Waals surface area contributed by atoms with E-state index in [4.69, 9.17) is 5.73 Å². The van der Waals surface area contributed by atoms with Crippen molar-refractivity contribution >= 4 is 11.8 Å². The molecule has 0 fully saturated rings. The molecule has 1 aromatic carbocycles. The Kier molecular flexibility index (Phi) is 3.61. The maximum atomic E-state index is 11.8. The smallest absolute Gasteiger partial charge is 0.254 e. The first-order chi connectivity index (χ1) is 9.06. The van der Waals surface area contributed by atoms with Crippen LogP contribution in [-0.4, -0.2) is 21.6 Å². The summed E-state index contributed by atoms with van der Waals surface area (Å²) < 4.78 is 1.57. The number of rotatable bonds is 4. The van der Waals surface area contributed by atoms with Crippen LogP contribution in [0.2, 0.25) is 0 Å². The van der Waals surface area contributed by atoms with Crippen molar-refractivity contribution in [2.75, 3.05) is 0 Å². The molecule has 0 aliphatic carbocycles. The van der Waals surface area contributed by atoms with Gasteiger partial charge in [0.05, 0.1) is 11.8 Å². The first kappa shape index (κ1) is 12.8. The van der Waals surface area contributed by atoms with Gasteiger partial charge in [-0.15, -0.1) is 0 Å². The summed E-state index contributed by atoms with van der Waals surface area (Å²) >= 11 is 0. The monoisotopic (exact) mass is 258 g/mol. The lowest BCUT2D eigenvalue weighted by Crippen LogP contribution is -2.22. The number of aromatic nitrogens is 2. The van der Waals surface area contributed by atoms with E-state index >= 15 is 0 Å². The molecule has 98 valence electrons. The van der Waals surface area contributed by atoms with Crippen LogP contribution in [0.25, 0.3) is 0 Å². The number of primary amides is 1. The number of hydrogen-bond donors (Lipinski definition) is 2. The summed E-state index contributed by atoms with van der Waals surface area (Å²) in [4.78, 5) is 22.7. The van der Waals surface area contributed by atoms with E-state index in [9.17, 15) is 9.59 Å². The Labute approximate surface area is 110 Å². The Hall–Kier alpha value is -2.63. The number of aryl methyl sites for hydroxylation is 1. The molecule has 0 saturated heterocycles. The van der Waals surface area contributed by atoms with Gasteiger partial charge in [-0.1, -0.05) is 12.1 Å². The van der Waals surface area contributed by atoms with Gasteiger partial charge in [-0.25, -0.2) is 0 Å². The first-order valence-corrected chi connectivity index (χ1v) is 5.72. The van der Waals surface area contributed by atoms with Crippen molar-refractivity contribution in [2.45, 2.75) is 6.54 Å². The van der Waals surface area contributed by atoms with E-state index in [-0.39, 0.29) is 5.91 Å². The molecule has 0 bridgehead atoms. The van der Waals surface area contributed by atoms with Crippen LogP contribution in [0, 0.1) is 0 Å². The predicted octanol–water partition coefficient (Wildman–Crippen LogP) is 0.449. The molecule has 6 heteroatoms. The van der Waals surface area contributed by atoms with Crippen LogP contribution in [0.3, 0.4) is 0 Å². The van der Waals surface area contributed by atoms with Crippen LogP contribution >= 0.6 is 0 Å². The van der Waals surface area contributed by atoms with Crippen molar-refractivity contribution < 1.29 is 9.59 Å². The van der Waals surface area contributed by atoms with Crippen LogP contribution in [0.1, 0.15) is 26.3 Å². The Morgan fingerprint density at radius 2 is 1.95 bits per heavy atom. The van der Waals surface area contributed by atoms with E-state index in [1.54, 1.807) is 42.2 Å². The number of nitrogens with two attached hydrogens (primary N) is 1. The predicted molar refractivity (Wildman–Crippen MR) is 69.3 cm³/mol. The van der Waals surface area contributed by atoms with E-state index in [0.717, 1.165) is 5.56 Å². The van der Waals surface area contributed by atoms with Gasteiger partial charge in [-0.05, 0) is 17.7 Å². The fourth-order valence-corrected chi connectivity index (χ4v) is 1.61. The van der Waals surface area contributed by atoms with Crippen LogP contribution in [-0.2, 0) is 13.6 Å². The third-order valence-electron chi connectivity index (χ3n) is 2.66. The van der Waals surface area contributed by atoms with E-state index < -0.39 is 5.91 Å². The molecule has 1 heterocycles. The highest BCUT2D eigenvalue weighted by Crippen LogP contribution is 2.04. The van der Waals surface area contributed by atoms with Crippen molar-refractivity contribution in [3.05, 3.63) is 53.3 Å². The lowest BCUT2D eigenvalue weighted by Gasteiger charge is -2.04. The highest BCUT2D eigenvalue weighted by Gasteiger charge is 2.07. The second-order valence-corrected chi connectivity index (χ2v) is 4.15. The molecule has 19 heavy (non-hydrogen) atoms. The number of amides is 2. The zero-order chi connectivity index (χ0) is 13.8. The van der Waals surface area contributed by atoms with Gasteiger partial charge in [0.1, 0.15) is 0 Å². The van der Waals surface area contributed by atoms with Gasteiger partial charge < -0.3 is 11.1 Å². The minimum Gasteiger partial charge on any atom is -0.366 e. The van der Waals surface area contributed by atoms with E-state index in [2.05, 4.69) is 10.4 Å². The molecule has 0 radical (unpaired) electrons. The normalized spacial score (nSPS) is 10.2. The second-order valence-electron chi connectivity index (χ2n) is 4.15. The van der Waals surface area contributed by atoms with Crippen molar-refractivity contribution in [1.82, 2.24) is 15.1 Å². The number of nitrogens with zero attached hydrogens (tertiary/aromatic N) is 2. The molecule has 0 aliphatic heterocycles. The quantitative estimate of drug-likeness (QED) is 0.834. The molecule has 3 N–H and O–H groups in total. The van der Waals surface area contributed by atoms with Gasteiger partial charge in [0.15, 0.2) is 0 Å².